The van der Waals surface area contributed by atoms with Gasteiger partial charge in [0.15, 0.2) is 0 Å². The molecule has 0 aliphatic heterocycles. The molecule has 0 heteroatoms. The molecule has 54 valence electrons. The van der Waals surface area contributed by atoms with Crippen LogP contribution in [0.25, 0.3) is 0 Å². The van der Waals surface area contributed by atoms with Gasteiger partial charge in [0.2, 0.25) is 0 Å². The van der Waals surface area contributed by atoms with Gasteiger partial charge in [0.1, 0.15) is 0 Å². The summed E-state index contributed by atoms with van der Waals surface area (Å²) in [5, 5.41) is 0. The SMILES string of the molecule is CC1C=CC=C2CCCC21. The van der Waals surface area contributed by atoms with Gasteiger partial charge in [-0.25, -0.2) is 0 Å². The normalized spacial score (nSPS) is 37.5. The summed E-state index contributed by atoms with van der Waals surface area (Å²) in [4.78, 5) is 0. The molecule has 0 heterocycles. The Bertz CT molecular complexity index is 186. The van der Waals surface area contributed by atoms with E-state index in [1.807, 2.05) is 0 Å². The minimum atomic E-state index is 0.808. The van der Waals surface area contributed by atoms with Gasteiger partial charge in [-0.05, 0) is 31.1 Å². The minimum absolute atomic E-state index is 0.808. The number of rotatable bonds is 0. The summed E-state index contributed by atoms with van der Waals surface area (Å²) in [6.07, 6.45) is 11.1. The first-order chi connectivity index (χ1) is 4.88. The molecular weight excluding hydrogens is 120 g/mol. The molecule has 0 spiro atoms. The Balaban J connectivity index is 2.25. The summed E-state index contributed by atoms with van der Waals surface area (Å²) in [5.41, 5.74) is 1.70. The van der Waals surface area contributed by atoms with Gasteiger partial charge in [-0.2, -0.15) is 0 Å². The average molecular weight is 134 g/mol. The van der Waals surface area contributed by atoms with Crippen LogP contribution in [0.2, 0.25) is 0 Å². The summed E-state index contributed by atoms with van der Waals surface area (Å²) in [5.74, 6) is 1.72. The molecule has 0 aromatic rings. The van der Waals surface area contributed by atoms with Crippen LogP contribution < -0.4 is 0 Å². The third-order valence-corrected chi connectivity index (χ3v) is 2.82. The van der Waals surface area contributed by atoms with Crippen LogP contribution in [0.3, 0.4) is 0 Å². The topological polar surface area (TPSA) is 0 Å². The van der Waals surface area contributed by atoms with E-state index < -0.39 is 0 Å². The highest BCUT2D eigenvalue weighted by Crippen LogP contribution is 2.38. The number of fused-ring (bicyclic) bond motifs is 1. The lowest BCUT2D eigenvalue weighted by Gasteiger charge is -2.19. The maximum Gasteiger partial charge on any atom is -0.0140 e. The van der Waals surface area contributed by atoms with Gasteiger partial charge in [0.25, 0.3) is 0 Å². The molecular formula is C10H14. The first kappa shape index (κ1) is 6.21. The molecule has 2 aliphatic carbocycles. The van der Waals surface area contributed by atoms with Crippen molar-refractivity contribution in [1.82, 2.24) is 0 Å². The lowest BCUT2D eigenvalue weighted by atomic mass is 9.86. The van der Waals surface area contributed by atoms with Crippen LogP contribution in [0.5, 0.6) is 0 Å². The molecule has 2 unspecified atom stereocenters. The van der Waals surface area contributed by atoms with E-state index in [-0.39, 0.29) is 0 Å². The van der Waals surface area contributed by atoms with E-state index in [0.29, 0.717) is 0 Å². The molecule has 0 saturated heterocycles. The van der Waals surface area contributed by atoms with Crippen molar-refractivity contribution in [1.29, 1.82) is 0 Å². The predicted octanol–water partition coefficient (Wildman–Crippen LogP) is 2.92. The van der Waals surface area contributed by atoms with Crippen LogP contribution >= 0.6 is 0 Å². The maximum atomic E-state index is 2.33. The molecule has 2 aliphatic rings. The zero-order valence-corrected chi connectivity index (χ0v) is 6.51. The summed E-state index contributed by atoms with van der Waals surface area (Å²) >= 11 is 0. The van der Waals surface area contributed by atoms with Crippen molar-refractivity contribution in [2.45, 2.75) is 26.2 Å². The Morgan fingerprint density at radius 1 is 1.50 bits per heavy atom. The van der Waals surface area contributed by atoms with Crippen molar-refractivity contribution < 1.29 is 0 Å². The highest BCUT2D eigenvalue weighted by atomic mass is 14.3. The molecule has 1 fully saturated rings. The second kappa shape index (κ2) is 2.26. The molecule has 0 radical (unpaired) electrons. The van der Waals surface area contributed by atoms with E-state index in [1.165, 1.54) is 19.3 Å². The van der Waals surface area contributed by atoms with Gasteiger partial charge in [0, 0.05) is 0 Å². The van der Waals surface area contributed by atoms with E-state index in [2.05, 4.69) is 25.2 Å². The zero-order chi connectivity index (χ0) is 6.97. The molecule has 2 rings (SSSR count). The Morgan fingerprint density at radius 3 is 3.20 bits per heavy atom. The van der Waals surface area contributed by atoms with E-state index in [4.69, 9.17) is 0 Å². The lowest BCUT2D eigenvalue weighted by Crippen LogP contribution is -2.09. The fourth-order valence-corrected chi connectivity index (χ4v) is 2.19. The Labute approximate surface area is 62.6 Å². The van der Waals surface area contributed by atoms with Crippen LogP contribution in [-0.2, 0) is 0 Å². The lowest BCUT2D eigenvalue weighted by molar-refractivity contribution is 0.492. The van der Waals surface area contributed by atoms with E-state index in [9.17, 15) is 0 Å². The molecule has 0 amide bonds. The molecule has 0 aromatic heterocycles. The predicted molar refractivity (Wildman–Crippen MR) is 43.7 cm³/mol. The first-order valence-corrected chi connectivity index (χ1v) is 4.25. The van der Waals surface area contributed by atoms with Gasteiger partial charge in [0.05, 0.1) is 0 Å². The average Bonchev–Trinajstić information content (AvgIpc) is 2.36. The van der Waals surface area contributed by atoms with Crippen molar-refractivity contribution in [3.8, 4) is 0 Å². The standard InChI is InChI=1S/C10H14/c1-8-4-2-5-9-6-3-7-10(8)9/h2,4-5,8,10H,3,6-7H2,1H3. The van der Waals surface area contributed by atoms with Gasteiger partial charge in [-0.1, -0.05) is 30.7 Å². The van der Waals surface area contributed by atoms with Gasteiger partial charge >= 0.3 is 0 Å². The highest BCUT2D eigenvalue weighted by molar-refractivity contribution is 5.25. The summed E-state index contributed by atoms with van der Waals surface area (Å²) in [6, 6.07) is 0. The van der Waals surface area contributed by atoms with Crippen LogP contribution in [0.4, 0.5) is 0 Å². The van der Waals surface area contributed by atoms with Crippen molar-refractivity contribution >= 4 is 0 Å². The molecule has 0 nitrogen and oxygen atoms in total. The number of hydrogen-bond acceptors (Lipinski definition) is 0. The van der Waals surface area contributed by atoms with Crippen LogP contribution in [0, 0.1) is 11.8 Å². The van der Waals surface area contributed by atoms with Crippen LogP contribution in [0.1, 0.15) is 26.2 Å². The van der Waals surface area contributed by atoms with Crippen molar-refractivity contribution in [2.24, 2.45) is 11.8 Å². The molecule has 1 saturated carbocycles. The van der Waals surface area contributed by atoms with Gasteiger partial charge < -0.3 is 0 Å². The second-order valence-electron chi connectivity index (χ2n) is 3.48. The third kappa shape index (κ3) is 0.828. The Morgan fingerprint density at radius 2 is 2.40 bits per heavy atom. The zero-order valence-electron chi connectivity index (χ0n) is 6.51. The largest absolute Gasteiger partial charge is 0.0811 e. The molecule has 0 aromatic carbocycles. The minimum Gasteiger partial charge on any atom is -0.0811 e. The Hall–Kier alpha value is -0.520. The summed E-state index contributed by atoms with van der Waals surface area (Å²) in [7, 11) is 0. The molecule has 10 heavy (non-hydrogen) atoms. The smallest absolute Gasteiger partial charge is 0.0140 e. The van der Waals surface area contributed by atoms with Gasteiger partial charge in [-0.15, -0.1) is 0 Å². The monoisotopic (exact) mass is 134 g/mol. The van der Waals surface area contributed by atoms with E-state index in [0.717, 1.165) is 11.8 Å². The van der Waals surface area contributed by atoms with Gasteiger partial charge in [-0.3, -0.25) is 0 Å². The molecule has 0 bridgehead atoms. The number of allylic oxidation sites excluding steroid dienone is 4. The van der Waals surface area contributed by atoms with Crippen molar-refractivity contribution in [2.75, 3.05) is 0 Å². The van der Waals surface area contributed by atoms with E-state index in [1.54, 1.807) is 5.57 Å². The number of hydrogen-bond donors (Lipinski definition) is 0. The quantitative estimate of drug-likeness (QED) is 0.478. The molecule has 0 N–H and O–H groups in total. The highest BCUT2D eigenvalue weighted by Gasteiger charge is 2.25. The van der Waals surface area contributed by atoms with Crippen molar-refractivity contribution in [3.63, 3.8) is 0 Å². The Kier molecular flexibility index (Phi) is 1.40. The summed E-state index contributed by atoms with van der Waals surface area (Å²) < 4.78 is 0. The van der Waals surface area contributed by atoms with Crippen LogP contribution in [-0.4, -0.2) is 0 Å². The fraction of sp³-hybridized carbons (Fsp3) is 0.600. The van der Waals surface area contributed by atoms with E-state index >= 15 is 0 Å². The maximum absolute atomic E-state index is 2.33. The van der Waals surface area contributed by atoms with Crippen molar-refractivity contribution in [3.05, 3.63) is 23.8 Å². The summed E-state index contributed by atoms with van der Waals surface area (Å²) in [6.45, 7) is 2.33. The fourth-order valence-electron chi connectivity index (χ4n) is 2.19. The molecule has 2 atom stereocenters. The second-order valence-corrected chi connectivity index (χ2v) is 3.48. The first-order valence-electron chi connectivity index (χ1n) is 4.25. The van der Waals surface area contributed by atoms with Crippen LogP contribution in [0.15, 0.2) is 23.8 Å². The third-order valence-electron chi connectivity index (χ3n) is 2.82.